The molecule has 0 unspecified atom stereocenters. The number of furan rings is 1. The van der Waals surface area contributed by atoms with Gasteiger partial charge in [0.15, 0.2) is 0 Å². The molecule has 0 radical (unpaired) electrons. The molecule has 2 rings (SSSR count). The van der Waals surface area contributed by atoms with Crippen molar-refractivity contribution in [1.82, 2.24) is 0 Å². The number of thioether (sulfide) groups is 1. The minimum Gasteiger partial charge on any atom is -0.468 e. The van der Waals surface area contributed by atoms with E-state index in [0.29, 0.717) is 0 Å². The van der Waals surface area contributed by atoms with Crippen molar-refractivity contribution in [1.29, 1.82) is 0 Å². The summed E-state index contributed by atoms with van der Waals surface area (Å²) in [4.78, 5) is 1.10. The van der Waals surface area contributed by atoms with E-state index in [2.05, 4.69) is 28.7 Å². The first-order chi connectivity index (χ1) is 7.25. The van der Waals surface area contributed by atoms with Gasteiger partial charge >= 0.3 is 0 Å². The summed E-state index contributed by atoms with van der Waals surface area (Å²) in [6, 6.07) is 9.94. The smallest absolute Gasteiger partial charge is 0.113 e. The van der Waals surface area contributed by atoms with Gasteiger partial charge in [-0.25, -0.2) is 0 Å². The predicted molar refractivity (Wildman–Crippen MR) is 71.8 cm³/mol. The van der Waals surface area contributed by atoms with Crippen LogP contribution < -0.4 is 5.73 Å². The molecule has 78 valence electrons. The fraction of sp³-hybridized carbons (Fsp3) is 0.0909. The van der Waals surface area contributed by atoms with E-state index in [1.165, 1.54) is 0 Å². The van der Waals surface area contributed by atoms with E-state index in [0.717, 1.165) is 25.7 Å². The van der Waals surface area contributed by atoms with Gasteiger partial charge in [-0.1, -0.05) is 0 Å². The predicted octanol–water partition coefficient (Wildman–Crippen LogP) is 3.76. The van der Waals surface area contributed by atoms with Gasteiger partial charge in [0.1, 0.15) is 5.76 Å². The van der Waals surface area contributed by atoms with Crippen molar-refractivity contribution in [3.05, 3.63) is 45.9 Å². The maximum Gasteiger partial charge on any atom is 0.113 e. The lowest BCUT2D eigenvalue weighted by atomic mass is 10.3. The third-order valence-corrected chi connectivity index (χ3v) is 3.70. The molecule has 2 aromatic rings. The largest absolute Gasteiger partial charge is 0.468 e. The summed E-state index contributed by atoms with van der Waals surface area (Å²) in [5.41, 5.74) is 6.74. The molecule has 0 aliphatic carbocycles. The average molecular weight is 331 g/mol. The van der Waals surface area contributed by atoms with Crippen LogP contribution in [0.2, 0.25) is 0 Å². The first kappa shape index (κ1) is 10.9. The van der Waals surface area contributed by atoms with E-state index in [1.807, 2.05) is 24.3 Å². The first-order valence-electron chi connectivity index (χ1n) is 4.46. The summed E-state index contributed by atoms with van der Waals surface area (Å²) >= 11 is 3.94. The van der Waals surface area contributed by atoms with Crippen molar-refractivity contribution in [2.45, 2.75) is 10.6 Å². The number of hydrogen-bond acceptors (Lipinski definition) is 3. The summed E-state index contributed by atoms with van der Waals surface area (Å²) in [6.45, 7) is 0. The van der Waals surface area contributed by atoms with Crippen LogP contribution in [0.5, 0.6) is 0 Å². The van der Waals surface area contributed by atoms with Gasteiger partial charge in [0, 0.05) is 14.2 Å². The van der Waals surface area contributed by atoms with Crippen LogP contribution >= 0.6 is 34.4 Å². The highest BCUT2D eigenvalue weighted by Crippen LogP contribution is 2.29. The normalized spacial score (nSPS) is 10.5. The number of nitrogen functional groups attached to an aromatic ring is 1. The molecular formula is C11H10INOS. The van der Waals surface area contributed by atoms with Gasteiger partial charge in [-0.3, -0.25) is 0 Å². The van der Waals surface area contributed by atoms with Gasteiger partial charge in [-0.2, -0.15) is 0 Å². The van der Waals surface area contributed by atoms with Gasteiger partial charge in [0.25, 0.3) is 0 Å². The molecule has 0 spiro atoms. The molecule has 1 aromatic carbocycles. The Morgan fingerprint density at radius 3 is 2.87 bits per heavy atom. The lowest BCUT2D eigenvalue weighted by Gasteiger charge is -2.04. The Labute approximate surface area is 106 Å². The zero-order valence-corrected chi connectivity index (χ0v) is 10.9. The zero-order chi connectivity index (χ0) is 10.7. The van der Waals surface area contributed by atoms with Crippen molar-refractivity contribution in [3.8, 4) is 0 Å². The van der Waals surface area contributed by atoms with E-state index >= 15 is 0 Å². The Bertz CT molecular complexity index is 442. The number of anilines is 1. The van der Waals surface area contributed by atoms with Crippen LogP contribution in [0.25, 0.3) is 0 Å². The average Bonchev–Trinajstić information content (AvgIpc) is 2.69. The molecule has 0 saturated heterocycles. The van der Waals surface area contributed by atoms with Crippen LogP contribution in [-0.4, -0.2) is 0 Å². The van der Waals surface area contributed by atoms with Crippen molar-refractivity contribution in [2.75, 3.05) is 5.73 Å². The highest BCUT2D eigenvalue weighted by molar-refractivity contribution is 14.1. The van der Waals surface area contributed by atoms with Gasteiger partial charge in [-0.05, 0) is 52.9 Å². The fourth-order valence-electron chi connectivity index (χ4n) is 1.19. The SMILES string of the molecule is Nc1cc(I)ccc1SCc1ccco1. The van der Waals surface area contributed by atoms with Gasteiger partial charge in [-0.15, -0.1) is 11.8 Å². The second-order valence-electron chi connectivity index (χ2n) is 3.05. The standard InChI is InChI=1S/C11H10INOS/c12-8-3-4-11(10(13)6-8)15-7-9-2-1-5-14-9/h1-6H,7,13H2. The molecule has 0 amide bonds. The van der Waals surface area contributed by atoms with Crippen molar-refractivity contribution < 1.29 is 4.42 Å². The Morgan fingerprint density at radius 1 is 1.33 bits per heavy atom. The molecule has 1 aromatic heterocycles. The van der Waals surface area contributed by atoms with Crippen molar-refractivity contribution in [3.63, 3.8) is 0 Å². The van der Waals surface area contributed by atoms with E-state index in [9.17, 15) is 0 Å². The second-order valence-corrected chi connectivity index (χ2v) is 5.31. The maximum absolute atomic E-state index is 5.90. The van der Waals surface area contributed by atoms with Gasteiger partial charge in [0.2, 0.25) is 0 Å². The number of rotatable bonds is 3. The Kier molecular flexibility index (Phi) is 3.58. The number of hydrogen-bond donors (Lipinski definition) is 1. The maximum atomic E-state index is 5.90. The minimum atomic E-state index is 0.817. The highest BCUT2D eigenvalue weighted by atomic mass is 127. The molecule has 0 aliphatic heterocycles. The first-order valence-corrected chi connectivity index (χ1v) is 6.52. The molecule has 0 bridgehead atoms. The van der Waals surface area contributed by atoms with Crippen LogP contribution in [0, 0.1) is 3.57 Å². The molecule has 2 nitrogen and oxygen atoms in total. The molecule has 2 N–H and O–H groups in total. The molecule has 0 atom stereocenters. The third-order valence-electron chi connectivity index (χ3n) is 1.92. The summed E-state index contributed by atoms with van der Waals surface area (Å²) in [6.07, 6.45) is 1.69. The van der Waals surface area contributed by atoms with Crippen LogP contribution in [0.3, 0.4) is 0 Å². The molecule has 1 heterocycles. The topological polar surface area (TPSA) is 39.2 Å². The zero-order valence-electron chi connectivity index (χ0n) is 7.94. The van der Waals surface area contributed by atoms with Crippen molar-refractivity contribution >= 4 is 40.0 Å². The van der Waals surface area contributed by atoms with Crippen LogP contribution in [0.4, 0.5) is 5.69 Å². The minimum absolute atomic E-state index is 0.817. The van der Waals surface area contributed by atoms with E-state index in [1.54, 1.807) is 18.0 Å². The van der Waals surface area contributed by atoms with Crippen LogP contribution in [0.1, 0.15) is 5.76 Å². The lowest BCUT2D eigenvalue weighted by molar-refractivity contribution is 0.530. The Balaban J connectivity index is 2.05. The monoisotopic (exact) mass is 331 g/mol. The summed E-state index contributed by atoms with van der Waals surface area (Å²) in [7, 11) is 0. The fourth-order valence-corrected chi connectivity index (χ4v) is 2.56. The summed E-state index contributed by atoms with van der Waals surface area (Å²) in [5.74, 6) is 1.79. The lowest BCUT2D eigenvalue weighted by Crippen LogP contribution is -1.89. The summed E-state index contributed by atoms with van der Waals surface area (Å²) < 4.78 is 6.42. The van der Waals surface area contributed by atoms with Crippen LogP contribution in [0.15, 0.2) is 45.9 Å². The van der Waals surface area contributed by atoms with Gasteiger partial charge < -0.3 is 10.2 Å². The number of nitrogens with two attached hydrogens (primary N) is 1. The molecule has 0 saturated carbocycles. The highest BCUT2D eigenvalue weighted by Gasteiger charge is 2.02. The van der Waals surface area contributed by atoms with Crippen molar-refractivity contribution in [2.24, 2.45) is 0 Å². The quantitative estimate of drug-likeness (QED) is 0.529. The second kappa shape index (κ2) is 4.94. The molecule has 0 aliphatic rings. The number of benzene rings is 1. The van der Waals surface area contributed by atoms with Gasteiger partial charge in [0.05, 0.1) is 12.0 Å². The van der Waals surface area contributed by atoms with Crippen LogP contribution in [-0.2, 0) is 5.75 Å². The van der Waals surface area contributed by atoms with E-state index < -0.39 is 0 Å². The molecule has 15 heavy (non-hydrogen) atoms. The molecule has 4 heteroatoms. The third kappa shape index (κ3) is 2.92. The summed E-state index contributed by atoms with van der Waals surface area (Å²) in [5, 5.41) is 0. The van der Waals surface area contributed by atoms with E-state index in [4.69, 9.17) is 10.2 Å². The Hall–Kier alpha value is -0.620. The molecule has 0 fully saturated rings. The number of halogens is 1. The Morgan fingerprint density at radius 2 is 2.20 bits per heavy atom. The van der Waals surface area contributed by atoms with E-state index in [-0.39, 0.29) is 0 Å². The molecular weight excluding hydrogens is 321 g/mol.